The van der Waals surface area contributed by atoms with Crippen LogP contribution in [0.25, 0.3) is 5.82 Å². The zero-order valence-electron chi connectivity index (χ0n) is 13.5. The van der Waals surface area contributed by atoms with E-state index in [1.165, 1.54) is 0 Å². The molecule has 1 amide bonds. The summed E-state index contributed by atoms with van der Waals surface area (Å²) in [7, 11) is 0. The molecule has 4 rings (SSSR count). The highest BCUT2D eigenvalue weighted by Gasteiger charge is 2.38. The van der Waals surface area contributed by atoms with Crippen molar-refractivity contribution in [1.82, 2.24) is 25.0 Å². The van der Waals surface area contributed by atoms with Crippen LogP contribution in [0.4, 0.5) is 0 Å². The molecular formula is C17H21N5O. The summed E-state index contributed by atoms with van der Waals surface area (Å²) in [6.07, 6.45) is 1.67. The second-order valence-electron chi connectivity index (χ2n) is 6.63. The topological polar surface area (TPSA) is 63.1 Å². The third-order valence-electron chi connectivity index (χ3n) is 4.90. The predicted octanol–water partition coefficient (Wildman–Crippen LogP) is 1.18. The van der Waals surface area contributed by atoms with E-state index in [2.05, 4.69) is 15.4 Å². The van der Waals surface area contributed by atoms with E-state index >= 15 is 0 Å². The molecule has 2 fully saturated rings. The van der Waals surface area contributed by atoms with E-state index in [1.807, 2.05) is 36.9 Å². The van der Waals surface area contributed by atoms with Gasteiger partial charge in [0.05, 0.1) is 11.3 Å². The number of aromatic nitrogens is 3. The van der Waals surface area contributed by atoms with Crippen molar-refractivity contribution < 1.29 is 4.79 Å². The molecule has 0 aromatic carbocycles. The number of hydrogen-bond acceptors (Lipinski definition) is 4. The molecule has 4 heterocycles. The Hall–Kier alpha value is -2.21. The Labute approximate surface area is 135 Å². The van der Waals surface area contributed by atoms with Crippen LogP contribution in [-0.2, 0) is 0 Å². The van der Waals surface area contributed by atoms with Crippen molar-refractivity contribution in [2.24, 2.45) is 11.8 Å². The van der Waals surface area contributed by atoms with Crippen LogP contribution >= 0.6 is 0 Å². The van der Waals surface area contributed by atoms with Crippen molar-refractivity contribution in [2.75, 3.05) is 26.2 Å². The van der Waals surface area contributed by atoms with Gasteiger partial charge < -0.3 is 10.2 Å². The van der Waals surface area contributed by atoms with Gasteiger partial charge in [-0.1, -0.05) is 0 Å². The molecule has 2 aliphatic rings. The SMILES string of the molecule is Cc1cc(C)n(-c2ccc(C(=O)N3C[C@H]4CNC[C@H]4C3)cn2)n1. The van der Waals surface area contributed by atoms with Crippen LogP contribution in [-0.4, -0.2) is 51.8 Å². The average molecular weight is 311 g/mol. The quantitative estimate of drug-likeness (QED) is 0.904. The lowest BCUT2D eigenvalue weighted by molar-refractivity contribution is 0.0781. The van der Waals surface area contributed by atoms with Gasteiger partial charge in [0.25, 0.3) is 5.91 Å². The van der Waals surface area contributed by atoms with Crippen LogP contribution in [0.2, 0.25) is 0 Å². The number of aryl methyl sites for hydroxylation is 2. The summed E-state index contributed by atoms with van der Waals surface area (Å²) >= 11 is 0. The lowest BCUT2D eigenvalue weighted by Gasteiger charge is -2.17. The summed E-state index contributed by atoms with van der Waals surface area (Å²) in [6.45, 7) is 7.73. The van der Waals surface area contributed by atoms with E-state index < -0.39 is 0 Å². The molecule has 2 aromatic rings. The third-order valence-corrected chi connectivity index (χ3v) is 4.90. The minimum atomic E-state index is 0.0896. The maximum absolute atomic E-state index is 12.6. The molecule has 6 heteroatoms. The monoisotopic (exact) mass is 311 g/mol. The second kappa shape index (κ2) is 5.45. The number of rotatable bonds is 2. The van der Waals surface area contributed by atoms with Crippen molar-refractivity contribution in [2.45, 2.75) is 13.8 Å². The molecule has 23 heavy (non-hydrogen) atoms. The number of hydrogen-bond donors (Lipinski definition) is 1. The second-order valence-corrected chi connectivity index (χ2v) is 6.63. The highest BCUT2D eigenvalue weighted by atomic mass is 16.2. The van der Waals surface area contributed by atoms with E-state index in [0.29, 0.717) is 17.4 Å². The summed E-state index contributed by atoms with van der Waals surface area (Å²) in [5, 5.41) is 7.82. The summed E-state index contributed by atoms with van der Waals surface area (Å²) in [4.78, 5) is 19.0. The lowest BCUT2D eigenvalue weighted by atomic mass is 10.0. The summed E-state index contributed by atoms with van der Waals surface area (Å²) in [5.74, 6) is 2.06. The van der Waals surface area contributed by atoms with Gasteiger partial charge in [-0.05, 0) is 43.9 Å². The molecule has 2 aliphatic heterocycles. The molecule has 0 unspecified atom stereocenters. The van der Waals surface area contributed by atoms with Crippen LogP contribution in [0.15, 0.2) is 24.4 Å². The first-order valence-electron chi connectivity index (χ1n) is 8.11. The first-order chi connectivity index (χ1) is 11.1. The Bertz CT molecular complexity index is 724. The van der Waals surface area contributed by atoms with Crippen molar-refractivity contribution in [3.8, 4) is 5.82 Å². The summed E-state index contributed by atoms with van der Waals surface area (Å²) < 4.78 is 1.80. The molecule has 0 spiro atoms. The van der Waals surface area contributed by atoms with Crippen LogP contribution in [0, 0.1) is 25.7 Å². The largest absolute Gasteiger partial charge is 0.338 e. The van der Waals surface area contributed by atoms with Gasteiger partial charge in [-0.2, -0.15) is 5.10 Å². The predicted molar refractivity (Wildman–Crippen MR) is 86.6 cm³/mol. The van der Waals surface area contributed by atoms with Crippen LogP contribution < -0.4 is 5.32 Å². The molecule has 120 valence electrons. The minimum absolute atomic E-state index is 0.0896. The van der Waals surface area contributed by atoms with Gasteiger partial charge in [0.2, 0.25) is 0 Å². The van der Waals surface area contributed by atoms with Gasteiger partial charge in [0, 0.05) is 38.1 Å². The van der Waals surface area contributed by atoms with E-state index in [-0.39, 0.29) is 5.91 Å². The lowest BCUT2D eigenvalue weighted by Crippen LogP contribution is -2.31. The zero-order valence-corrected chi connectivity index (χ0v) is 13.5. The molecule has 2 saturated heterocycles. The highest BCUT2D eigenvalue weighted by Crippen LogP contribution is 2.27. The van der Waals surface area contributed by atoms with Gasteiger partial charge in [0.1, 0.15) is 0 Å². The number of likely N-dealkylation sites (tertiary alicyclic amines) is 1. The summed E-state index contributed by atoms with van der Waals surface area (Å²) in [6, 6.07) is 5.73. The Kier molecular flexibility index (Phi) is 3.41. The maximum atomic E-state index is 12.6. The number of carbonyl (C=O) groups excluding carboxylic acids is 1. The molecule has 2 atom stereocenters. The Morgan fingerprint density at radius 3 is 2.52 bits per heavy atom. The number of carbonyl (C=O) groups is 1. The van der Waals surface area contributed by atoms with Crippen LogP contribution in [0.5, 0.6) is 0 Å². The van der Waals surface area contributed by atoms with Crippen LogP contribution in [0.3, 0.4) is 0 Å². The fraction of sp³-hybridized carbons (Fsp3) is 0.471. The van der Waals surface area contributed by atoms with E-state index in [4.69, 9.17) is 0 Å². The van der Waals surface area contributed by atoms with Crippen LogP contribution in [0.1, 0.15) is 21.7 Å². The maximum Gasteiger partial charge on any atom is 0.255 e. The Morgan fingerprint density at radius 2 is 1.96 bits per heavy atom. The number of nitrogens with one attached hydrogen (secondary N) is 1. The van der Waals surface area contributed by atoms with Crippen molar-refractivity contribution in [3.05, 3.63) is 41.3 Å². The van der Waals surface area contributed by atoms with Gasteiger partial charge in [0.15, 0.2) is 5.82 Å². The molecule has 2 aromatic heterocycles. The van der Waals surface area contributed by atoms with E-state index in [1.54, 1.807) is 10.9 Å². The molecule has 6 nitrogen and oxygen atoms in total. The van der Waals surface area contributed by atoms with E-state index in [0.717, 1.165) is 43.4 Å². The number of amides is 1. The average Bonchev–Trinajstić information content (AvgIpc) is 3.21. The fourth-order valence-corrected chi connectivity index (χ4v) is 3.70. The molecular weight excluding hydrogens is 290 g/mol. The van der Waals surface area contributed by atoms with Gasteiger partial charge >= 0.3 is 0 Å². The minimum Gasteiger partial charge on any atom is -0.338 e. The molecule has 0 radical (unpaired) electrons. The van der Waals surface area contributed by atoms with Gasteiger partial charge in [-0.25, -0.2) is 9.67 Å². The van der Waals surface area contributed by atoms with Crippen molar-refractivity contribution in [3.63, 3.8) is 0 Å². The number of nitrogens with zero attached hydrogens (tertiary/aromatic N) is 4. The van der Waals surface area contributed by atoms with Gasteiger partial charge in [-0.15, -0.1) is 0 Å². The highest BCUT2D eigenvalue weighted by molar-refractivity contribution is 5.94. The smallest absolute Gasteiger partial charge is 0.255 e. The summed E-state index contributed by atoms with van der Waals surface area (Å²) in [5.41, 5.74) is 2.65. The van der Waals surface area contributed by atoms with Gasteiger partial charge in [-0.3, -0.25) is 4.79 Å². The fourth-order valence-electron chi connectivity index (χ4n) is 3.70. The third kappa shape index (κ3) is 2.53. The number of pyridine rings is 1. The first-order valence-corrected chi connectivity index (χ1v) is 8.11. The normalized spacial score (nSPS) is 23.3. The molecule has 1 N–H and O–H groups in total. The molecule has 0 saturated carbocycles. The zero-order chi connectivity index (χ0) is 16.0. The standard InChI is InChI=1S/C17H21N5O/c1-11-5-12(2)22(20-11)16-4-3-13(8-19-16)17(23)21-9-14-6-18-7-15(14)10-21/h3-5,8,14-15,18H,6-7,9-10H2,1-2H3/t14-,15+. The molecule has 0 bridgehead atoms. The van der Waals surface area contributed by atoms with Crippen molar-refractivity contribution >= 4 is 5.91 Å². The van der Waals surface area contributed by atoms with E-state index in [9.17, 15) is 4.79 Å². The Balaban J connectivity index is 1.52. The first kappa shape index (κ1) is 14.4. The Morgan fingerprint density at radius 1 is 1.22 bits per heavy atom. The van der Waals surface area contributed by atoms with Crippen molar-refractivity contribution in [1.29, 1.82) is 0 Å². The molecule has 0 aliphatic carbocycles. The number of fused-ring (bicyclic) bond motifs is 1.